The van der Waals surface area contributed by atoms with Gasteiger partial charge >= 0.3 is 5.69 Å². The Morgan fingerprint density at radius 2 is 2.38 bits per heavy atom. The van der Waals surface area contributed by atoms with Crippen LogP contribution in [0.3, 0.4) is 0 Å². The lowest BCUT2D eigenvalue weighted by Gasteiger charge is -2.34. The minimum atomic E-state index is -0.866. The lowest BCUT2D eigenvalue weighted by Crippen LogP contribution is -2.51. The fourth-order valence-corrected chi connectivity index (χ4v) is 2.93. The Hall–Kier alpha value is -1.48. The number of fused-ring (bicyclic) bond motifs is 2. The van der Waals surface area contributed by atoms with Crippen molar-refractivity contribution in [3.8, 4) is 5.75 Å². The predicted molar refractivity (Wildman–Crippen MR) is 70.1 cm³/mol. The maximum Gasteiger partial charge on any atom is 0.349 e. The third-order valence-electron chi connectivity index (χ3n) is 4.01. The molecule has 0 spiro atoms. The number of hydrogen-bond acceptors (Lipinski definition) is 7. The van der Waals surface area contributed by atoms with Gasteiger partial charge in [0.1, 0.15) is 17.8 Å². The summed E-state index contributed by atoms with van der Waals surface area (Å²) in [5.74, 6) is 0.426. The van der Waals surface area contributed by atoms with Gasteiger partial charge in [0.2, 0.25) is 0 Å². The average molecular weight is 298 g/mol. The van der Waals surface area contributed by atoms with Gasteiger partial charge in [-0.15, -0.1) is 0 Å². The molecule has 8 heteroatoms. The fraction of sp³-hybridized carbons (Fsp3) is 0.692. The molecule has 21 heavy (non-hydrogen) atoms. The molecule has 2 saturated heterocycles. The summed E-state index contributed by atoms with van der Waals surface area (Å²) in [7, 11) is 3.03. The number of aliphatic hydroxyl groups is 1. The monoisotopic (exact) mass is 298 g/mol. The lowest BCUT2D eigenvalue weighted by atomic mass is 9.90. The van der Waals surface area contributed by atoms with Gasteiger partial charge in [-0.3, -0.25) is 4.57 Å². The summed E-state index contributed by atoms with van der Waals surface area (Å²) in [6, 6.07) is 0. The molecule has 116 valence electrons. The smallest absolute Gasteiger partial charge is 0.349 e. The van der Waals surface area contributed by atoms with E-state index in [9.17, 15) is 9.90 Å². The van der Waals surface area contributed by atoms with Crippen molar-refractivity contribution in [3.05, 3.63) is 22.9 Å². The SMILES string of the molecule is COC[C@]12CCOC(C1O)[C@H](n1cc(OC)cnc1=O)O2. The van der Waals surface area contributed by atoms with Crippen LogP contribution in [0.25, 0.3) is 0 Å². The Kier molecular flexibility index (Phi) is 3.70. The summed E-state index contributed by atoms with van der Waals surface area (Å²) in [6.07, 6.45) is 1.07. The fourth-order valence-electron chi connectivity index (χ4n) is 2.93. The highest BCUT2D eigenvalue weighted by Crippen LogP contribution is 2.44. The first-order valence-corrected chi connectivity index (χ1v) is 6.70. The standard InChI is InChI=1S/C13H18N2O6/c1-18-7-13-3-4-20-9(10(13)16)11(21-13)15-6-8(19-2)5-14-12(15)17/h5-6,9-11,16H,3-4,7H2,1-2H3/t9?,10?,11-,13-/m1/s1. The molecule has 2 unspecified atom stereocenters. The van der Waals surface area contributed by atoms with E-state index < -0.39 is 29.7 Å². The zero-order chi connectivity index (χ0) is 15.0. The topological polar surface area (TPSA) is 92.0 Å². The minimum Gasteiger partial charge on any atom is -0.494 e. The first kappa shape index (κ1) is 14.5. The third-order valence-corrected chi connectivity index (χ3v) is 4.01. The number of aromatic nitrogens is 2. The highest BCUT2D eigenvalue weighted by molar-refractivity contribution is 5.13. The Labute approximate surface area is 121 Å². The zero-order valence-corrected chi connectivity index (χ0v) is 11.9. The van der Waals surface area contributed by atoms with Crippen molar-refractivity contribution in [2.45, 2.75) is 30.5 Å². The molecule has 3 rings (SSSR count). The normalized spacial score (nSPS) is 34.9. The van der Waals surface area contributed by atoms with Crippen molar-refractivity contribution in [3.63, 3.8) is 0 Å². The average Bonchev–Trinajstić information content (AvgIpc) is 2.64. The van der Waals surface area contributed by atoms with Crippen LogP contribution in [-0.2, 0) is 14.2 Å². The second-order valence-corrected chi connectivity index (χ2v) is 5.22. The van der Waals surface area contributed by atoms with Crippen molar-refractivity contribution in [2.24, 2.45) is 0 Å². The van der Waals surface area contributed by atoms with Crippen molar-refractivity contribution < 1.29 is 24.1 Å². The van der Waals surface area contributed by atoms with Crippen LogP contribution in [0.2, 0.25) is 0 Å². The molecule has 1 N–H and O–H groups in total. The molecule has 0 aromatic carbocycles. The van der Waals surface area contributed by atoms with Crippen LogP contribution in [0.1, 0.15) is 12.6 Å². The molecule has 2 aliphatic rings. The Balaban J connectivity index is 1.99. The molecule has 2 bridgehead atoms. The summed E-state index contributed by atoms with van der Waals surface area (Å²) < 4.78 is 23.1. The third kappa shape index (κ3) is 2.24. The molecule has 4 atom stereocenters. The zero-order valence-electron chi connectivity index (χ0n) is 11.9. The molecular formula is C13H18N2O6. The summed E-state index contributed by atoms with van der Waals surface area (Å²) in [5, 5.41) is 10.4. The van der Waals surface area contributed by atoms with E-state index in [-0.39, 0.29) is 6.61 Å². The minimum absolute atomic E-state index is 0.233. The van der Waals surface area contributed by atoms with Crippen LogP contribution in [0.5, 0.6) is 5.75 Å². The molecule has 0 saturated carbocycles. The largest absolute Gasteiger partial charge is 0.494 e. The first-order valence-electron chi connectivity index (χ1n) is 6.70. The Bertz CT molecular complexity index is 572. The van der Waals surface area contributed by atoms with E-state index in [0.717, 1.165) is 0 Å². The van der Waals surface area contributed by atoms with Crippen LogP contribution >= 0.6 is 0 Å². The van der Waals surface area contributed by atoms with Crippen molar-refractivity contribution in [1.29, 1.82) is 0 Å². The van der Waals surface area contributed by atoms with Gasteiger partial charge in [-0.1, -0.05) is 0 Å². The maximum atomic E-state index is 12.0. The van der Waals surface area contributed by atoms with Gasteiger partial charge < -0.3 is 24.1 Å². The second-order valence-electron chi connectivity index (χ2n) is 5.22. The van der Waals surface area contributed by atoms with E-state index in [1.165, 1.54) is 24.1 Å². The van der Waals surface area contributed by atoms with E-state index in [1.54, 1.807) is 7.11 Å². The van der Waals surface area contributed by atoms with Gasteiger partial charge in [-0.2, -0.15) is 4.98 Å². The quantitative estimate of drug-likeness (QED) is 0.787. The van der Waals surface area contributed by atoms with E-state index in [1.807, 2.05) is 0 Å². The van der Waals surface area contributed by atoms with E-state index in [0.29, 0.717) is 18.8 Å². The van der Waals surface area contributed by atoms with E-state index >= 15 is 0 Å². The number of hydrogen-bond donors (Lipinski definition) is 1. The molecule has 1 aromatic heterocycles. The molecule has 0 amide bonds. The molecule has 1 aromatic rings. The molecule has 8 nitrogen and oxygen atoms in total. The van der Waals surface area contributed by atoms with Gasteiger partial charge in [0.05, 0.1) is 32.7 Å². The van der Waals surface area contributed by atoms with Crippen molar-refractivity contribution in [1.82, 2.24) is 9.55 Å². The number of methoxy groups -OCH3 is 2. The summed E-state index contributed by atoms with van der Waals surface area (Å²) in [5.41, 5.74) is -1.35. The summed E-state index contributed by atoms with van der Waals surface area (Å²) in [4.78, 5) is 15.7. The van der Waals surface area contributed by atoms with Crippen LogP contribution in [0.4, 0.5) is 0 Å². The predicted octanol–water partition coefficient (Wildman–Crippen LogP) is -0.684. The van der Waals surface area contributed by atoms with Gasteiger partial charge in [-0.25, -0.2) is 4.79 Å². The Morgan fingerprint density at radius 3 is 3.10 bits per heavy atom. The highest BCUT2D eigenvalue weighted by Gasteiger charge is 2.58. The van der Waals surface area contributed by atoms with Gasteiger partial charge in [0.25, 0.3) is 0 Å². The second kappa shape index (κ2) is 5.38. The van der Waals surface area contributed by atoms with Crippen molar-refractivity contribution in [2.75, 3.05) is 27.4 Å². The molecule has 0 aliphatic carbocycles. The van der Waals surface area contributed by atoms with Gasteiger partial charge in [-0.05, 0) is 0 Å². The highest BCUT2D eigenvalue weighted by atomic mass is 16.6. The van der Waals surface area contributed by atoms with Crippen LogP contribution in [0.15, 0.2) is 17.2 Å². The first-order chi connectivity index (χ1) is 10.1. The molecule has 0 radical (unpaired) electrons. The maximum absolute atomic E-state index is 12.0. The number of aliphatic hydroxyl groups excluding tert-OH is 1. The van der Waals surface area contributed by atoms with Crippen LogP contribution < -0.4 is 10.4 Å². The summed E-state index contributed by atoms with van der Waals surface area (Å²) >= 11 is 0. The molecule has 2 aliphatic heterocycles. The van der Waals surface area contributed by atoms with E-state index in [4.69, 9.17) is 18.9 Å². The molecular weight excluding hydrogens is 280 g/mol. The van der Waals surface area contributed by atoms with Crippen LogP contribution in [0, 0.1) is 0 Å². The number of ether oxygens (including phenoxy) is 4. The van der Waals surface area contributed by atoms with Gasteiger partial charge in [0.15, 0.2) is 12.0 Å². The molecule has 2 fully saturated rings. The number of rotatable bonds is 4. The van der Waals surface area contributed by atoms with Crippen molar-refractivity contribution >= 4 is 0 Å². The molecule has 3 heterocycles. The Morgan fingerprint density at radius 1 is 1.57 bits per heavy atom. The summed E-state index contributed by atoms with van der Waals surface area (Å²) in [6.45, 7) is 0.671. The number of nitrogens with zero attached hydrogens (tertiary/aromatic N) is 2. The van der Waals surface area contributed by atoms with Crippen LogP contribution in [-0.4, -0.2) is 59.9 Å². The lowest BCUT2D eigenvalue weighted by molar-refractivity contribution is -0.149. The van der Waals surface area contributed by atoms with E-state index in [2.05, 4.69) is 4.98 Å². The van der Waals surface area contributed by atoms with Gasteiger partial charge in [0, 0.05) is 13.5 Å².